The van der Waals surface area contributed by atoms with Crippen LogP contribution in [0.4, 0.5) is 0 Å². The third-order valence-corrected chi connectivity index (χ3v) is 3.36. The monoisotopic (exact) mass is 271 g/mol. The van der Waals surface area contributed by atoms with Crippen molar-refractivity contribution >= 4 is 11.9 Å². The highest BCUT2D eigenvalue weighted by Gasteiger charge is 2.14. The topological polar surface area (TPSA) is 75.6 Å². The van der Waals surface area contributed by atoms with Gasteiger partial charge in [0.05, 0.1) is 6.10 Å². The minimum absolute atomic E-state index is 0.0763. The van der Waals surface area contributed by atoms with Gasteiger partial charge in [0.15, 0.2) is 0 Å². The van der Waals surface area contributed by atoms with E-state index >= 15 is 0 Å². The molecule has 0 saturated carbocycles. The summed E-state index contributed by atoms with van der Waals surface area (Å²) in [6.07, 6.45) is 7.60. The third kappa shape index (κ3) is 8.59. The number of nitrogens with one attached hydrogen (secondary N) is 1. The van der Waals surface area contributed by atoms with E-state index in [2.05, 4.69) is 5.32 Å². The molecule has 110 valence electrons. The summed E-state index contributed by atoms with van der Waals surface area (Å²) >= 11 is 0. The highest BCUT2D eigenvalue weighted by atomic mass is 16.5. The lowest BCUT2D eigenvalue weighted by Crippen LogP contribution is -2.27. The van der Waals surface area contributed by atoms with Gasteiger partial charge in [-0.3, -0.25) is 9.59 Å². The molecular formula is C14H25NO4. The molecule has 0 aromatic rings. The van der Waals surface area contributed by atoms with Crippen LogP contribution in [0.5, 0.6) is 0 Å². The van der Waals surface area contributed by atoms with Crippen LogP contribution in [0, 0.1) is 0 Å². The van der Waals surface area contributed by atoms with E-state index < -0.39 is 5.97 Å². The average Bonchev–Trinajstić information content (AvgIpc) is 2.41. The van der Waals surface area contributed by atoms with Gasteiger partial charge in [-0.15, -0.1) is 0 Å². The Bertz CT molecular complexity index is 275. The number of hydrogen-bond donors (Lipinski definition) is 2. The quantitative estimate of drug-likeness (QED) is 0.630. The van der Waals surface area contributed by atoms with Crippen LogP contribution in [-0.4, -0.2) is 36.2 Å². The summed E-state index contributed by atoms with van der Waals surface area (Å²) in [6, 6.07) is 0. The summed E-state index contributed by atoms with van der Waals surface area (Å²) in [6.45, 7) is 1.47. The van der Waals surface area contributed by atoms with Crippen LogP contribution in [0.3, 0.4) is 0 Å². The number of carboxylic acids is 1. The summed E-state index contributed by atoms with van der Waals surface area (Å²) in [5.74, 6) is -0.677. The first kappa shape index (κ1) is 16.0. The van der Waals surface area contributed by atoms with Gasteiger partial charge in [0, 0.05) is 26.0 Å². The average molecular weight is 271 g/mol. The maximum atomic E-state index is 11.6. The smallest absolute Gasteiger partial charge is 0.303 e. The molecule has 1 atom stereocenters. The van der Waals surface area contributed by atoms with E-state index in [1.54, 1.807) is 0 Å². The van der Waals surface area contributed by atoms with E-state index in [0.717, 1.165) is 38.7 Å². The number of hydrogen-bond acceptors (Lipinski definition) is 3. The van der Waals surface area contributed by atoms with Crippen molar-refractivity contribution in [1.82, 2.24) is 5.32 Å². The normalized spacial score (nSPS) is 19.1. The summed E-state index contributed by atoms with van der Waals surface area (Å²) in [7, 11) is 0. The molecule has 0 aliphatic carbocycles. The van der Waals surface area contributed by atoms with Crippen molar-refractivity contribution in [2.24, 2.45) is 0 Å². The zero-order chi connectivity index (χ0) is 13.9. The Labute approximate surface area is 114 Å². The fourth-order valence-electron chi connectivity index (χ4n) is 2.22. The molecule has 1 heterocycles. The lowest BCUT2D eigenvalue weighted by Gasteiger charge is -2.22. The van der Waals surface area contributed by atoms with Crippen molar-refractivity contribution in [2.75, 3.05) is 13.2 Å². The molecule has 0 radical (unpaired) electrons. The molecule has 1 aliphatic heterocycles. The molecule has 0 unspecified atom stereocenters. The Morgan fingerprint density at radius 1 is 1.16 bits per heavy atom. The molecule has 2 N–H and O–H groups in total. The molecule has 1 saturated heterocycles. The lowest BCUT2D eigenvalue weighted by molar-refractivity contribution is -0.137. The van der Waals surface area contributed by atoms with Gasteiger partial charge >= 0.3 is 5.97 Å². The van der Waals surface area contributed by atoms with E-state index in [0.29, 0.717) is 19.4 Å². The fourth-order valence-corrected chi connectivity index (χ4v) is 2.22. The van der Waals surface area contributed by atoms with E-state index in [-0.39, 0.29) is 18.4 Å². The van der Waals surface area contributed by atoms with Crippen LogP contribution in [0.15, 0.2) is 0 Å². The Hall–Kier alpha value is -1.10. The van der Waals surface area contributed by atoms with Crippen LogP contribution in [0.2, 0.25) is 0 Å². The molecule has 5 nitrogen and oxygen atoms in total. The highest BCUT2D eigenvalue weighted by molar-refractivity contribution is 5.75. The van der Waals surface area contributed by atoms with E-state index in [4.69, 9.17) is 9.84 Å². The van der Waals surface area contributed by atoms with E-state index in [1.165, 1.54) is 6.42 Å². The number of carboxylic acid groups (broad SMARTS) is 1. The molecule has 1 fully saturated rings. The first-order chi connectivity index (χ1) is 9.18. The molecular weight excluding hydrogens is 246 g/mol. The largest absolute Gasteiger partial charge is 0.481 e. The first-order valence-corrected chi connectivity index (χ1v) is 7.28. The van der Waals surface area contributed by atoms with Crippen molar-refractivity contribution in [3.8, 4) is 0 Å². The molecule has 5 heteroatoms. The number of amides is 1. The second-order valence-corrected chi connectivity index (χ2v) is 5.08. The number of unbranched alkanes of at least 4 members (excludes halogenated alkanes) is 2. The van der Waals surface area contributed by atoms with Crippen LogP contribution in [-0.2, 0) is 14.3 Å². The Morgan fingerprint density at radius 2 is 2.00 bits per heavy atom. The minimum atomic E-state index is -0.753. The number of carbonyl (C=O) groups is 2. The van der Waals surface area contributed by atoms with Gasteiger partial charge < -0.3 is 15.2 Å². The SMILES string of the molecule is O=C(O)CCCCCNC(=O)CC[C@H]1CCCCO1. The Balaban J connectivity index is 1.91. The number of aliphatic carboxylic acids is 1. The predicted molar refractivity (Wildman–Crippen MR) is 71.9 cm³/mol. The fraction of sp³-hybridized carbons (Fsp3) is 0.857. The lowest BCUT2D eigenvalue weighted by atomic mass is 10.0. The van der Waals surface area contributed by atoms with Gasteiger partial charge in [0.2, 0.25) is 5.91 Å². The summed E-state index contributed by atoms with van der Waals surface area (Å²) in [5.41, 5.74) is 0. The zero-order valence-electron chi connectivity index (χ0n) is 11.5. The minimum Gasteiger partial charge on any atom is -0.481 e. The highest BCUT2D eigenvalue weighted by Crippen LogP contribution is 2.16. The standard InChI is InChI=1S/C14H25NO4/c16-13(9-8-12-6-3-5-11-19-12)15-10-4-1-2-7-14(17)18/h12H,1-11H2,(H,15,16)(H,17,18)/t12-/m1/s1. The molecule has 0 aromatic carbocycles. The number of rotatable bonds is 9. The molecule has 0 aromatic heterocycles. The van der Waals surface area contributed by atoms with Gasteiger partial charge in [0.1, 0.15) is 0 Å². The maximum Gasteiger partial charge on any atom is 0.303 e. The molecule has 0 bridgehead atoms. The van der Waals surface area contributed by atoms with Gasteiger partial charge in [-0.2, -0.15) is 0 Å². The maximum absolute atomic E-state index is 11.6. The number of carbonyl (C=O) groups excluding carboxylic acids is 1. The first-order valence-electron chi connectivity index (χ1n) is 7.28. The summed E-state index contributed by atoms with van der Waals surface area (Å²) in [5, 5.41) is 11.3. The molecule has 1 rings (SSSR count). The third-order valence-electron chi connectivity index (χ3n) is 3.36. The zero-order valence-corrected chi connectivity index (χ0v) is 11.5. The predicted octanol–water partition coefficient (Wildman–Crippen LogP) is 2.10. The van der Waals surface area contributed by atoms with Gasteiger partial charge in [-0.25, -0.2) is 0 Å². The van der Waals surface area contributed by atoms with Crippen LogP contribution >= 0.6 is 0 Å². The van der Waals surface area contributed by atoms with Gasteiger partial charge in [0.25, 0.3) is 0 Å². The summed E-state index contributed by atoms with van der Waals surface area (Å²) < 4.78 is 5.57. The molecule has 19 heavy (non-hydrogen) atoms. The van der Waals surface area contributed by atoms with Crippen LogP contribution in [0.25, 0.3) is 0 Å². The molecule has 1 amide bonds. The van der Waals surface area contributed by atoms with Crippen molar-refractivity contribution in [3.63, 3.8) is 0 Å². The van der Waals surface area contributed by atoms with E-state index in [9.17, 15) is 9.59 Å². The van der Waals surface area contributed by atoms with Crippen molar-refractivity contribution in [2.45, 2.75) is 63.9 Å². The Kier molecular flexibility index (Phi) is 8.21. The second kappa shape index (κ2) is 9.78. The van der Waals surface area contributed by atoms with Crippen molar-refractivity contribution in [1.29, 1.82) is 0 Å². The van der Waals surface area contributed by atoms with E-state index in [1.807, 2.05) is 0 Å². The molecule has 1 aliphatic rings. The van der Waals surface area contributed by atoms with Crippen molar-refractivity contribution in [3.05, 3.63) is 0 Å². The molecule has 0 spiro atoms. The van der Waals surface area contributed by atoms with Crippen LogP contribution < -0.4 is 5.32 Å². The van der Waals surface area contributed by atoms with Crippen molar-refractivity contribution < 1.29 is 19.4 Å². The second-order valence-electron chi connectivity index (χ2n) is 5.08. The number of ether oxygens (including phenoxy) is 1. The summed E-state index contributed by atoms with van der Waals surface area (Å²) in [4.78, 5) is 21.9. The van der Waals surface area contributed by atoms with Gasteiger partial charge in [-0.05, 0) is 38.5 Å². The Morgan fingerprint density at radius 3 is 2.68 bits per heavy atom. The van der Waals surface area contributed by atoms with Gasteiger partial charge in [-0.1, -0.05) is 6.42 Å². The van der Waals surface area contributed by atoms with Crippen LogP contribution in [0.1, 0.15) is 57.8 Å².